The van der Waals surface area contributed by atoms with Crippen molar-refractivity contribution in [2.24, 2.45) is 0 Å². The van der Waals surface area contributed by atoms with Crippen LogP contribution in [0.4, 0.5) is 0 Å². The SMILES string of the molecule is CCCCCC(O)C(C)(C#C[Si](C)(C)C)OC1CCCCO1. The zero-order valence-corrected chi connectivity index (χ0v) is 16.1. The van der Waals surface area contributed by atoms with Crippen LogP contribution in [0.3, 0.4) is 0 Å². The molecule has 3 unspecified atom stereocenters. The van der Waals surface area contributed by atoms with Gasteiger partial charge in [-0.2, -0.15) is 0 Å². The van der Waals surface area contributed by atoms with Crippen molar-refractivity contribution in [3.8, 4) is 11.5 Å². The van der Waals surface area contributed by atoms with Crippen molar-refractivity contribution in [2.45, 2.75) is 96.4 Å². The molecule has 0 radical (unpaired) electrons. The zero-order valence-electron chi connectivity index (χ0n) is 15.1. The Hall–Kier alpha value is -0.343. The van der Waals surface area contributed by atoms with Crippen LogP contribution in [0.2, 0.25) is 19.6 Å². The van der Waals surface area contributed by atoms with Gasteiger partial charge in [0, 0.05) is 6.61 Å². The predicted octanol–water partition coefficient (Wildman–Crippen LogP) is 4.11. The molecule has 0 saturated carbocycles. The number of hydrogen-bond donors (Lipinski definition) is 1. The summed E-state index contributed by atoms with van der Waals surface area (Å²) in [6.07, 6.45) is 6.35. The quantitative estimate of drug-likeness (QED) is 0.435. The van der Waals surface area contributed by atoms with E-state index < -0.39 is 19.8 Å². The van der Waals surface area contributed by atoms with Crippen molar-refractivity contribution in [2.75, 3.05) is 6.61 Å². The first-order valence-electron chi connectivity index (χ1n) is 8.78. The average molecular weight is 327 g/mol. The summed E-state index contributed by atoms with van der Waals surface area (Å²) in [7, 11) is -1.51. The summed E-state index contributed by atoms with van der Waals surface area (Å²) in [5.74, 6) is 3.27. The molecule has 0 spiro atoms. The lowest BCUT2D eigenvalue weighted by atomic mass is 9.94. The van der Waals surface area contributed by atoms with Crippen LogP contribution >= 0.6 is 0 Å². The van der Waals surface area contributed by atoms with Crippen LogP contribution in [-0.2, 0) is 9.47 Å². The van der Waals surface area contributed by atoms with Crippen LogP contribution in [-0.4, -0.2) is 37.8 Å². The van der Waals surface area contributed by atoms with Crippen LogP contribution in [0.5, 0.6) is 0 Å². The molecule has 128 valence electrons. The van der Waals surface area contributed by atoms with E-state index in [1.54, 1.807) is 0 Å². The molecule has 1 N–H and O–H groups in total. The molecule has 1 aliphatic rings. The van der Waals surface area contributed by atoms with E-state index >= 15 is 0 Å². The minimum absolute atomic E-state index is 0.226. The van der Waals surface area contributed by atoms with E-state index in [0.717, 1.165) is 51.6 Å². The Labute approximate surface area is 137 Å². The minimum atomic E-state index is -1.51. The highest BCUT2D eigenvalue weighted by atomic mass is 28.3. The Morgan fingerprint density at radius 2 is 2.05 bits per heavy atom. The lowest BCUT2D eigenvalue weighted by Crippen LogP contribution is -2.45. The molecule has 0 amide bonds. The summed E-state index contributed by atoms with van der Waals surface area (Å²) in [5, 5.41) is 10.7. The smallest absolute Gasteiger partial charge is 0.159 e. The van der Waals surface area contributed by atoms with Crippen LogP contribution in [0, 0.1) is 11.5 Å². The average Bonchev–Trinajstić information content (AvgIpc) is 2.46. The first kappa shape index (κ1) is 19.7. The minimum Gasteiger partial charge on any atom is -0.389 e. The van der Waals surface area contributed by atoms with Gasteiger partial charge in [0.15, 0.2) is 11.9 Å². The lowest BCUT2D eigenvalue weighted by molar-refractivity contribution is -0.226. The predicted molar refractivity (Wildman–Crippen MR) is 94.4 cm³/mol. The van der Waals surface area contributed by atoms with Gasteiger partial charge in [-0.3, -0.25) is 0 Å². The van der Waals surface area contributed by atoms with E-state index in [0.29, 0.717) is 0 Å². The molecule has 0 aromatic carbocycles. The summed E-state index contributed by atoms with van der Waals surface area (Å²) in [5.41, 5.74) is 2.55. The fourth-order valence-electron chi connectivity index (χ4n) is 2.44. The van der Waals surface area contributed by atoms with Crippen LogP contribution in [0.15, 0.2) is 0 Å². The number of ether oxygens (including phenoxy) is 2. The molecule has 3 atom stereocenters. The van der Waals surface area contributed by atoms with Crippen LogP contribution in [0.25, 0.3) is 0 Å². The van der Waals surface area contributed by atoms with Gasteiger partial charge in [-0.1, -0.05) is 51.7 Å². The van der Waals surface area contributed by atoms with Gasteiger partial charge in [-0.05, 0) is 32.6 Å². The third-order valence-electron chi connectivity index (χ3n) is 3.92. The number of hydrogen-bond acceptors (Lipinski definition) is 3. The first-order valence-corrected chi connectivity index (χ1v) is 12.3. The summed E-state index contributed by atoms with van der Waals surface area (Å²) < 4.78 is 11.8. The normalized spacial score (nSPS) is 23.3. The Morgan fingerprint density at radius 1 is 1.32 bits per heavy atom. The molecule has 4 heteroatoms. The van der Waals surface area contributed by atoms with E-state index in [4.69, 9.17) is 9.47 Å². The Kier molecular flexibility index (Phi) is 8.13. The summed E-state index contributed by atoms with van der Waals surface area (Å²) in [4.78, 5) is 0. The summed E-state index contributed by atoms with van der Waals surface area (Å²) in [6.45, 7) is 11.5. The van der Waals surface area contributed by atoms with Crippen molar-refractivity contribution in [3.63, 3.8) is 0 Å². The van der Waals surface area contributed by atoms with Gasteiger partial charge in [0.1, 0.15) is 8.07 Å². The van der Waals surface area contributed by atoms with Crippen molar-refractivity contribution in [1.82, 2.24) is 0 Å². The van der Waals surface area contributed by atoms with Gasteiger partial charge in [-0.15, -0.1) is 5.54 Å². The molecule has 0 aliphatic carbocycles. The fraction of sp³-hybridized carbons (Fsp3) is 0.889. The second-order valence-corrected chi connectivity index (χ2v) is 12.3. The second kappa shape index (κ2) is 9.07. The van der Waals surface area contributed by atoms with E-state index in [9.17, 15) is 5.11 Å². The molecule has 1 fully saturated rings. The Bertz CT molecular complexity index is 374. The number of aliphatic hydroxyl groups excluding tert-OH is 1. The van der Waals surface area contributed by atoms with E-state index in [-0.39, 0.29) is 6.29 Å². The highest BCUT2D eigenvalue weighted by molar-refractivity contribution is 6.83. The highest BCUT2D eigenvalue weighted by Gasteiger charge is 2.36. The van der Waals surface area contributed by atoms with E-state index in [2.05, 4.69) is 38.0 Å². The maximum Gasteiger partial charge on any atom is 0.159 e. The third kappa shape index (κ3) is 7.28. The summed E-state index contributed by atoms with van der Waals surface area (Å²) in [6, 6.07) is 0. The lowest BCUT2D eigenvalue weighted by Gasteiger charge is -2.35. The molecule has 1 rings (SSSR count). The molecule has 1 heterocycles. The molecular weight excluding hydrogens is 292 g/mol. The molecular formula is C18H34O3Si. The largest absolute Gasteiger partial charge is 0.389 e. The van der Waals surface area contributed by atoms with E-state index in [1.807, 2.05) is 6.92 Å². The molecule has 1 saturated heterocycles. The molecule has 0 aromatic rings. The maximum absolute atomic E-state index is 10.7. The maximum atomic E-state index is 10.7. The van der Waals surface area contributed by atoms with Crippen LogP contribution in [0.1, 0.15) is 58.8 Å². The summed E-state index contributed by atoms with van der Waals surface area (Å²) >= 11 is 0. The number of unbranched alkanes of at least 4 members (excludes halogenated alkanes) is 2. The van der Waals surface area contributed by atoms with Crippen LogP contribution < -0.4 is 0 Å². The fourth-order valence-corrected chi connectivity index (χ4v) is 3.07. The van der Waals surface area contributed by atoms with Crippen molar-refractivity contribution in [1.29, 1.82) is 0 Å². The first-order chi connectivity index (χ1) is 10.3. The number of rotatable bonds is 7. The molecule has 0 aromatic heterocycles. The zero-order chi connectivity index (χ0) is 16.6. The Balaban J connectivity index is 2.79. The van der Waals surface area contributed by atoms with Crippen molar-refractivity contribution < 1.29 is 14.6 Å². The Morgan fingerprint density at radius 3 is 2.59 bits per heavy atom. The van der Waals surface area contributed by atoms with Gasteiger partial charge in [-0.25, -0.2) is 0 Å². The highest BCUT2D eigenvalue weighted by Crippen LogP contribution is 2.26. The van der Waals surface area contributed by atoms with Gasteiger partial charge < -0.3 is 14.6 Å². The molecule has 22 heavy (non-hydrogen) atoms. The topological polar surface area (TPSA) is 38.7 Å². The monoisotopic (exact) mass is 326 g/mol. The van der Waals surface area contributed by atoms with Crippen molar-refractivity contribution >= 4 is 8.07 Å². The van der Waals surface area contributed by atoms with Gasteiger partial charge in [0.25, 0.3) is 0 Å². The standard InChI is InChI=1S/C18H34O3Si/c1-6-7-8-11-16(19)18(2,13-15-22(3,4)5)21-17-12-9-10-14-20-17/h16-17,19H,6-12,14H2,1-5H3. The van der Waals surface area contributed by atoms with Gasteiger partial charge in [0.2, 0.25) is 0 Å². The molecule has 3 nitrogen and oxygen atoms in total. The third-order valence-corrected chi connectivity index (χ3v) is 4.79. The molecule has 1 aliphatic heterocycles. The second-order valence-electron chi connectivity index (χ2n) is 7.53. The molecule has 0 bridgehead atoms. The van der Waals surface area contributed by atoms with Gasteiger partial charge >= 0.3 is 0 Å². The van der Waals surface area contributed by atoms with Crippen molar-refractivity contribution in [3.05, 3.63) is 0 Å². The van der Waals surface area contributed by atoms with E-state index in [1.165, 1.54) is 0 Å². The number of aliphatic hydroxyl groups is 1. The van der Waals surface area contributed by atoms with Gasteiger partial charge in [0.05, 0.1) is 6.10 Å².